The maximum atomic E-state index is 13.7. The van der Waals surface area contributed by atoms with E-state index in [1.54, 1.807) is 6.07 Å². The standard InChI is InChI=1S/C30H44N2O4S/c1-6-9-11-12-27(33)31-23-15-13-22(14-16-23)28-25-20-24(32(4)5)17-18-26(25)37(35,36)21-30(8-3,29(28)34)19-10-7-2/h13-18,20,28-29,34H,6-12,19,21H2,1-5H3,(H,31,33). The first-order valence-electron chi connectivity index (χ1n) is 13.7. The van der Waals surface area contributed by atoms with Crippen LogP contribution in [-0.4, -0.2) is 45.4 Å². The summed E-state index contributed by atoms with van der Waals surface area (Å²) in [5.41, 5.74) is 2.33. The first-order chi connectivity index (χ1) is 17.6. The molecule has 0 saturated heterocycles. The molecule has 0 aromatic heterocycles. The molecule has 0 radical (unpaired) electrons. The van der Waals surface area contributed by atoms with Crippen LogP contribution in [0.4, 0.5) is 11.4 Å². The summed E-state index contributed by atoms with van der Waals surface area (Å²) in [6.07, 6.45) is 5.60. The Balaban J connectivity index is 2.09. The fourth-order valence-electron chi connectivity index (χ4n) is 5.54. The Bertz CT molecular complexity index is 1160. The predicted octanol–water partition coefficient (Wildman–Crippen LogP) is 6.14. The molecule has 0 bridgehead atoms. The number of carbonyl (C=O) groups is 1. The van der Waals surface area contributed by atoms with Crippen LogP contribution in [0.15, 0.2) is 47.4 Å². The zero-order chi connectivity index (χ0) is 27.2. The number of hydrogen-bond acceptors (Lipinski definition) is 5. The third kappa shape index (κ3) is 6.55. The van der Waals surface area contributed by atoms with Crippen molar-refractivity contribution in [2.24, 2.45) is 5.41 Å². The number of nitrogens with zero attached hydrogens (tertiary/aromatic N) is 1. The van der Waals surface area contributed by atoms with Crippen LogP contribution < -0.4 is 10.2 Å². The lowest BCUT2D eigenvalue weighted by atomic mass is 9.69. The Kier molecular flexibility index (Phi) is 9.81. The highest BCUT2D eigenvalue weighted by atomic mass is 32.2. The van der Waals surface area contributed by atoms with Crippen LogP contribution >= 0.6 is 0 Å². The molecule has 7 heteroatoms. The summed E-state index contributed by atoms with van der Waals surface area (Å²) in [4.78, 5) is 14.6. The number of anilines is 2. The third-order valence-electron chi connectivity index (χ3n) is 7.89. The second-order valence-corrected chi connectivity index (χ2v) is 12.7. The van der Waals surface area contributed by atoms with E-state index < -0.39 is 27.3 Å². The monoisotopic (exact) mass is 528 g/mol. The van der Waals surface area contributed by atoms with Gasteiger partial charge in [-0.2, -0.15) is 0 Å². The number of benzene rings is 2. The summed E-state index contributed by atoms with van der Waals surface area (Å²) < 4.78 is 27.5. The van der Waals surface area contributed by atoms with Gasteiger partial charge in [-0.05, 0) is 60.7 Å². The molecule has 3 unspecified atom stereocenters. The van der Waals surface area contributed by atoms with Crippen molar-refractivity contribution in [2.45, 2.75) is 89.1 Å². The highest BCUT2D eigenvalue weighted by molar-refractivity contribution is 7.91. The third-order valence-corrected chi connectivity index (χ3v) is 9.89. The summed E-state index contributed by atoms with van der Waals surface area (Å²) >= 11 is 0. The average Bonchev–Trinajstić information content (AvgIpc) is 2.94. The van der Waals surface area contributed by atoms with Gasteiger partial charge in [-0.1, -0.05) is 58.6 Å². The molecule has 1 aliphatic heterocycles. The summed E-state index contributed by atoms with van der Waals surface area (Å²) in [5, 5.41) is 15.0. The van der Waals surface area contributed by atoms with Gasteiger partial charge in [-0.15, -0.1) is 0 Å². The van der Waals surface area contributed by atoms with Gasteiger partial charge in [0.1, 0.15) is 0 Å². The van der Waals surface area contributed by atoms with Crippen LogP contribution in [0.25, 0.3) is 0 Å². The molecule has 3 rings (SSSR count). The van der Waals surface area contributed by atoms with Crippen LogP contribution in [-0.2, 0) is 14.6 Å². The van der Waals surface area contributed by atoms with Crippen LogP contribution in [0.3, 0.4) is 0 Å². The molecule has 0 spiro atoms. The lowest BCUT2D eigenvalue weighted by Gasteiger charge is -2.39. The fraction of sp³-hybridized carbons (Fsp3) is 0.567. The van der Waals surface area contributed by atoms with Crippen molar-refractivity contribution in [1.82, 2.24) is 0 Å². The van der Waals surface area contributed by atoms with Crippen LogP contribution in [0.1, 0.15) is 89.2 Å². The van der Waals surface area contributed by atoms with Crippen molar-refractivity contribution in [3.05, 3.63) is 53.6 Å². The van der Waals surface area contributed by atoms with Gasteiger partial charge in [0.05, 0.1) is 16.8 Å². The van der Waals surface area contributed by atoms with Crippen molar-refractivity contribution in [2.75, 3.05) is 30.1 Å². The molecule has 1 aliphatic rings. The highest BCUT2D eigenvalue weighted by Gasteiger charge is 2.49. The van der Waals surface area contributed by atoms with Gasteiger partial charge in [-0.25, -0.2) is 8.42 Å². The molecule has 2 aromatic rings. The van der Waals surface area contributed by atoms with E-state index in [-0.39, 0.29) is 11.7 Å². The second-order valence-electron chi connectivity index (χ2n) is 10.7. The van der Waals surface area contributed by atoms with E-state index in [4.69, 9.17) is 0 Å². The van der Waals surface area contributed by atoms with Gasteiger partial charge in [0.2, 0.25) is 5.91 Å². The number of hydrogen-bond donors (Lipinski definition) is 2. The van der Waals surface area contributed by atoms with Gasteiger partial charge in [0.15, 0.2) is 9.84 Å². The van der Waals surface area contributed by atoms with E-state index in [9.17, 15) is 18.3 Å². The zero-order valence-electron chi connectivity index (χ0n) is 23.1. The highest BCUT2D eigenvalue weighted by Crippen LogP contribution is 2.49. The molecular formula is C30H44N2O4S. The summed E-state index contributed by atoms with van der Waals surface area (Å²) in [6, 6.07) is 13.0. The quantitative estimate of drug-likeness (QED) is 0.342. The predicted molar refractivity (Wildman–Crippen MR) is 152 cm³/mol. The van der Waals surface area contributed by atoms with Crippen LogP contribution in [0.2, 0.25) is 0 Å². The molecule has 1 amide bonds. The zero-order valence-corrected chi connectivity index (χ0v) is 23.9. The fourth-order valence-corrected chi connectivity index (χ4v) is 7.79. The molecule has 1 heterocycles. The van der Waals surface area contributed by atoms with Crippen molar-refractivity contribution < 1.29 is 18.3 Å². The normalized spacial score (nSPS) is 22.6. The molecule has 37 heavy (non-hydrogen) atoms. The molecule has 204 valence electrons. The lowest BCUT2D eigenvalue weighted by molar-refractivity contribution is -0.116. The molecule has 2 aromatic carbocycles. The first kappa shape index (κ1) is 29.2. The van der Waals surface area contributed by atoms with Crippen LogP contribution in [0, 0.1) is 5.41 Å². The topological polar surface area (TPSA) is 86.7 Å². The lowest BCUT2D eigenvalue weighted by Crippen LogP contribution is -2.42. The van der Waals surface area contributed by atoms with Gasteiger partial charge >= 0.3 is 0 Å². The number of nitrogens with one attached hydrogen (secondary N) is 1. The van der Waals surface area contributed by atoms with E-state index in [1.807, 2.05) is 62.3 Å². The Hall–Kier alpha value is -2.38. The Morgan fingerprint density at radius 3 is 2.30 bits per heavy atom. The number of fused-ring (bicyclic) bond motifs is 1. The first-order valence-corrected chi connectivity index (χ1v) is 15.4. The molecule has 0 saturated carbocycles. The Labute approximate surface area is 223 Å². The van der Waals surface area contributed by atoms with Crippen molar-refractivity contribution >= 4 is 27.1 Å². The van der Waals surface area contributed by atoms with Gasteiger partial charge in [-0.3, -0.25) is 4.79 Å². The maximum absolute atomic E-state index is 13.7. The molecule has 0 aliphatic carbocycles. The Morgan fingerprint density at radius 2 is 1.70 bits per heavy atom. The molecule has 3 atom stereocenters. The van der Waals surface area contributed by atoms with E-state index in [0.29, 0.717) is 35.4 Å². The van der Waals surface area contributed by atoms with E-state index in [2.05, 4.69) is 19.2 Å². The van der Waals surface area contributed by atoms with E-state index in [0.717, 1.165) is 43.4 Å². The molecule has 0 fully saturated rings. The number of aliphatic hydroxyl groups excluding tert-OH is 1. The molecule has 6 nitrogen and oxygen atoms in total. The molecular weight excluding hydrogens is 484 g/mol. The Morgan fingerprint density at radius 1 is 1.03 bits per heavy atom. The minimum atomic E-state index is -3.62. The minimum absolute atomic E-state index is 0.00710. The largest absolute Gasteiger partial charge is 0.392 e. The number of amides is 1. The average molecular weight is 529 g/mol. The van der Waals surface area contributed by atoms with Gasteiger partial charge < -0.3 is 15.3 Å². The molecule has 2 N–H and O–H groups in total. The smallest absolute Gasteiger partial charge is 0.224 e. The minimum Gasteiger partial charge on any atom is -0.392 e. The SMILES string of the molecule is CCCCCC(=O)Nc1ccc(C2c3cc(N(C)C)ccc3S(=O)(=O)CC(CC)(CCCC)C2O)cc1. The van der Waals surface area contributed by atoms with Crippen molar-refractivity contribution in [1.29, 1.82) is 0 Å². The maximum Gasteiger partial charge on any atom is 0.224 e. The van der Waals surface area contributed by atoms with Gasteiger partial charge in [0.25, 0.3) is 0 Å². The summed E-state index contributed by atoms with van der Waals surface area (Å²) in [6.45, 7) is 6.19. The second kappa shape index (κ2) is 12.4. The van der Waals surface area contributed by atoms with Crippen molar-refractivity contribution in [3.8, 4) is 0 Å². The van der Waals surface area contributed by atoms with Crippen LogP contribution in [0.5, 0.6) is 0 Å². The number of carbonyl (C=O) groups excluding carboxylic acids is 1. The van der Waals surface area contributed by atoms with Crippen molar-refractivity contribution in [3.63, 3.8) is 0 Å². The van der Waals surface area contributed by atoms with Gasteiger partial charge in [0, 0.05) is 43.2 Å². The number of rotatable bonds is 11. The number of sulfone groups is 1. The summed E-state index contributed by atoms with van der Waals surface area (Å²) in [5.74, 6) is -0.570. The number of aliphatic hydroxyl groups is 1. The summed E-state index contributed by atoms with van der Waals surface area (Å²) in [7, 11) is 0.233. The number of unbranched alkanes of at least 4 members (excludes halogenated alkanes) is 3. The van der Waals surface area contributed by atoms with E-state index >= 15 is 0 Å². The van der Waals surface area contributed by atoms with E-state index in [1.165, 1.54) is 0 Å².